The van der Waals surface area contributed by atoms with Crippen LogP contribution in [0.15, 0.2) is 42.5 Å². The molecule has 0 N–H and O–H groups in total. The summed E-state index contributed by atoms with van der Waals surface area (Å²) in [5, 5.41) is 0. The van der Waals surface area contributed by atoms with E-state index >= 15 is 0 Å². The number of ketones is 1. The van der Waals surface area contributed by atoms with Gasteiger partial charge in [-0.3, -0.25) is 9.59 Å². The van der Waals surface area contributed by atoms with Gasteiger partial charge in [0.1, 0.15) is 11.6 Å². The Kier molecular flexibility index (Phi) is 4.87. The van der Waals surface area contributed by atoms with Crippen LogP contribution in [0.2, 0.25) is 0 Å². The molecule has 1 heterocycles. The molecule has 1 aliphatic heterocycles. The van der Waals surface area contributed by atoms with Gasteiger partial charge in [-0.25, -0.2) is 8.78 Å². The molecule has 0 bridgehead atoms. The molecule has 1 amide bonds. The lowest BCUT2D eigenvalue weighted by Gasteiger charge is -2.36. The third kappa shape index (κ3) is 3.63. The van der Waals surface area contributed by atoms with Crippen LogP contribution >= 0.6 is 0 Å². The first-order valence-corrected chi connectivity index (χ1v) is 9.53. The van der Waals surface area contributed by atoms with Crippen LogP contribution in [-0.4, -0.2) is 42.8 Å². The summed E-state index contributed by atoms with van der Waals surface area (Å²) in [6.07, 6.45) is 0.797. The van der Waals surface area contributed by atoms with Gasteiger partial charge in [0.15, 0.2) is 5.78 Å². The molecule has 1 saturated carbocycles. The molecule has 28 heavy (non-hydrogen) atoms. The van der Waals surface area contributed by atoms with Crippen LogP contribution in [0.25, 0.3) is 0 Å². The maximum absolute atomic E-state index is 14.4. The molecular formula is C22H22F2N2O2. The van der Waals surface area contributed by atoms with E-state index in [1.165, 1.54) is 25.1 Å². The minimum absolute atomic E-state index is 0.0383. The minimum Gasteiger partial charge on any atom is -0.366 e. The van der Waals surface area contributed by atoms with E-state index in [1.807, 2.05) is 9.80 Å². The average molecular weight is 384 g/mol. The molecule has 2 atom stereocenters. The van der Waals surface area contributed by atoms with Crippen LogP contribution in [0.3, 0.4) is 0 Å². The number of carbonyl (C=O) groups is 2. The molecule has 2 fully saturated rings. The second-order valence-electron chi connectivity index (χ2n) is 7.53. The summed E-state index contributed by atoms with van der Waals surface area (Å²) in [5.74, 6) is -0.591. The average Bonchev–Trinajstić information content (AvgIpc) is 3.49. The summed E-state index contributed by atoms with van der Waals surface area (Å²) in [6, 6.07) is 10.9. The van der Waals surface area contributed by atoms with E-state index in [9.17, 15) is 18.4 Å². The predicted octanol–water partition coefficient (Wildman–Crippen LogP) is 3.62. The Morgan fingerprint density at radius 3 is 2.25 bits per heavy atom. The van der Waals surface area contributed by atoms with Gasteiger partial charge in [-0.05, 0) is 55.2 Å². The van der Waals surface area contributed by atoms with Crippen LogP contribution in [0.5, 0.6) is 0 Å². The van der Waals surface area contributed by atoms with Gasteiger partial charge in [0.25, 0.3) is 0 Å². The Morgan fingerprint density at radius 1 is 0.964 bits per heavy atom. The van der Waals surface area contributed by atoms with E-state index in [2.05, 4.69) is 0 Å². The summed E-state index contributed by atoms with van der Waals surface area (Å²) in [4.78, 5) is 27.9. The fourth-order valence-electron chi connectivity index (χ4n) is 3.93. The van der Waals surface area contributed by atoms with Crippen molar-refractivity contribution in [3.8, 4) is 0 Å². The number of halogens is 2. The molecule has 2 aromatic carbocycles. The first-order chi connectivity index (χ1) is 13.4. The van der Waals surface area contributed by atoms with Crippen molar-refractivity contribution >= 4 is 17.4 Å². The van der Waals surface area contributed by atoms with Crippen molar-refractivity contribution in [3.63, 3.8) is 0 Å². The smallest absolute Gasteiger partial charge is 0.226 e. The molecular weight excluding hydrogens is 362 g/mol. The first kappa shape index (κ1) is 18.6. The summed E-state index contributed by atoms with van der Waals surface area (Å²) < 4.78 is 27.4. The number of carbonyl (C=O) groups excluding carboxylic acids is 2. The maximum atomic E-state index is 14.4. The maximum Gasteiger partial charge on any atom is 0.226 e. The number of piperazine rings is 1. The molecule has 2 unspecified atom stereocenters. The number of benzene rings is 2. The largest absolute Gasteiger partial charge is 0.366 e. The van der Waals surface area contributed by atoms with E-state index in [0.29, 0.717) is 37.4 Å². The van der Waals surface area contributed by atoms with Gasteiger partial charge in [0, 0.05) is 37.7 Å². The number of Topliss-reactive ketones (excluding diaryl/α,β-unsaturated/α-hetero) is 1. The summed E-state index contributed by atoms with van der Waals surface area (Å²) in [7, 11) is 0. The number of nitrogens with zero attached hydrogens (tertiary/aromatic N) is 2. The van der Waals surface area contributed by atoms with Gasteiger partial charge < -0.3 is 9.80 Å². The highest BCUT2D eigenvalue weighted by molar-refractivity contribution is 5.94. The second-order valence-corrected chi connectivity index (χ2v) is 7.53. The number of hydrogen-bond acceptors (Lipinski definition) is 3. The van der Waals surface area contributed by atoms with Gasteiger partial charge in [-0.1, -0.05) is 12.1 Å². The molecule has 0 spiro atoms. The highest BCUT2D eigenvalue weighted by Gasteiger charge is 2.46. The minimum atomic E-state index is -0.411. The van der Waals surface area contributed by atoms with E-state index in [-0.39, 0.29) is 29.3 Å². The Hall–Kier alpha value is -2.76. The topological polar surface area (TPSA) is 40.6 Å². The zero-order chi connectivity index (χ0) is 19.8. The lowest BCUT2D eigenvalue weighted by atomic mass is 10.1. The summed E-state index contributed by atoms with van der Waals surface area (Å²) >= 11 is 0. The monoisotopic (exact) mass is 384 g/mol. The van der Waals surface area contributed by atoms with Gasteiger partial charge in [-0.15, -0.1) is 0 Å². The van der Waals surface area contributed by atoms with E-state index in [0.717, 1.165) is 12.0 Å². The van der Waals surface area contributed by atoms with E-state index in [4.69, 9.17) is 0 Å². The Bertz CT molecular complexity index is 905. The zero-order valence-corrected chi connectivity index (χ0v) is 15.7. The van der Waals surface area contributed by atoms with E-state index in [1.54, 1.807) is 24.3 Å². The summed E-state index contributed by atoms with van der Waals surface area (Å²) in [5.41, 5.74) is 1.83. The molecule has 4 nitrogen and oxygen atoms in total. The second kappa shape index (κ2) is 7.34. The Balaban J connectivity index is 1.35. The van der Waals surface area contributed by atoms with Crippen LogP contribution in [-0.2, 0) is 4.79 Å². The van der Waals surface area contributed by atoms with Crippen molar-refractivity contribution in [3.05, 3.63) is 65.2 Å². The first-order valence-electron chi connectivity index (χ1n) is 9.53. The van der Waals surface area contributed by atoms with Crippen LogP contribution in [0.4, 0.5) is 14.5 Å². The van der Waals surface area contributed by atoms with Crippen molar-refractivity contribution < 1.29 is 18.4 Å². The number of amides is 1. The Labute approximate surface area is 162 Å². The molecule has 1 aliphatic carbocycles. The lowest BCUT2D eigenvalue weighted by Crippen LogP contribution is -2.49. The SMILES string of the molecule is CC(=O)c1ccc(N2CCN(C(=O)C3CC3c3ccc(F)cc3)CC2)c(F)c1. The van der Waals surface area contributed by atoms with Gasteiger partial charge in [0.2, 0.25) is 5.91 Å². The van der Waals surface area contributed by atoms with Gasteiger partial charge in [0.05, 0.1) is 5.69 Å². The third-order valence-corrected chi connectivity index (χ3v) is 5.69. The molecule has 2 aliphatic rings. The lowest BCUT2D eigenvalue weighted by molar-refractivity contribution is -0.133. The molecule has 4 rings (SSSR count). The van der Waals surface area contributed by atoms with Crippen molar-refractivity contribution in [2.45, 2.75) is 19.3 Å². The van der Waals surface area contributed by atoms with Crippen LogP contribution in [0, 0.1) is 17.6 Å². The normalized spacial score (nSPS) is 21.5. The molecule has 0 aromatic heterocycles. The quantitative estimate of drug-likeness (QED) is 0.756. The number of hydrogen-bond donors (Lipinski definition) is 0. The standard InChI is InChI=1S/C22H22F2N2O2/c1-14(27)16-4-7-21(20(24)12-16)25-8-10-26(11-9-25)22(28)19-13-18(19)15-2-5-17(23)6-3-15/h2-7,12,18-19H,8-11,13H2,1H3. The Morgan fingerprint density at radius 2 is 1.64 bits per heavy atom. The fourth-order valence-corrected chi connectivity index (χ4v) is 3.93. The van der Waals surface area contributed by atoms with Crippen molar-refractivity contribution in [2.24, 2.45) is 5.92 Å². The van der Waals surface area contributed by atoms with Crippen molar-refractivity contribution in [1.82, 2.24) is 4.90 Å². The van der Waals surface area contributed by atoms with Gasteiger partial charge >= 0.3 is 0 Å². The molecule has 146 valence electrons. The highest BCUT2D eigenvalue weighted by atomic mass is 19.1. The van der Waals surface area contributed by atoms with E-state index < -0.39 is 5.82 Å². The highest BCUT2D eigenvalue weighted by Crippen LogP contribution is 2.48. The molecule has 0 radical (unpaired) electrons. The van der Waals surface area contributed by atoms with Crippen LogP contribution < -0.4 is 4.90 Å². The number of anilines is 1. The zero-order valence-electron chi connectivity index (χ0n) is 15.7. The summed E-state index contributed by atoms with van der Waals surface area (Å²) in [6.45, 7) is 3.60. The number of rotatable bonds is 4. The molecule has 2 aromatic rings. The predicted molar refractivity (Wildman–Crippen MR) is 102 cm³/mol. The third-order valence-electron chi connectivity index (χ3n) is 5.69. The fraction of sp³-hybridized carbons (Fsp3) is 0.364. The molecule has 1 saturated heterocycles. The van der Waals surface area contributed by atoms with Gasteiger partial charge in [-0.2, -0.15) is 0 Å². The van der Waals surface area contributed by atoms with Crippen LogP contribution in [0.1, 0.15) is 35.2 Å². The van der Waals surface area contributed by atoms with Crippen molar-refractivity contribution in [1.29, 1.82) is 0 Å². The molecule has 6 heteroatoms. The van der Waals surface area contributed by atoms with Crippen molar-refractivity contribution in [2.75, 3.05) is 31.1 Å².